The molecule has 0 atom stereocenters. The van der Waals surface area contributed by atoms with Gasteiger partial charge >= 0.3 is 0 Å². The van der Waals surface area contributed by atoms with Gasteiger partial charge in [-0.2, -0.15) is 0 Å². The zero-order valence-electron chi connectivity index (χ0n) is 12.9. The fraction of sp³-hybridized carbons (Fsp3) is 0.588. The van der Waals surface area contributed by atoms with Crippen LogP contribution in [-0.4, -0.2) is 31.0 Å². The molecule has 0 heterocycles. The molecule has 1 aliphatic rings. The van der Waals surface area contributed by atoms with Gasteiger partial charge in [-0.25, -0.2) is 0 Å². The third kappa shape index (κ3) is 5.29. The summed E-state index contributed by atoms with van der Waals surface area (Å²) in [4.78, 5) is 14.0. The third-order valence-corrected chi connectivity index (χ3v) is 4.13. The van der Waals surface area contributed by atoms with E-state index in [1.165, 1.54) is 32.1 Å². The van der Waals surface area contributed by atoms with E-state index in [2.05, 4.69) is 0 Å². The number of anilines is 1. The molecule has 1 aromatic rings. The minimum absolute atomic E-state index is 0.157. The van der Waals surface area contributed by atoms with Crippen molar-refractivity contribution in [2.45, 2.75) is 38.5 Å². The highest BCUT2D eigenvalue weighted by Gasteiger charge is 2.18. The van der Waals surface area contributed by atoms with Gasteiger partial charge in [-0.05, 0) is 30.9 Å². The van der Waals surface area contributed by atoms with Gasteiger partial charge in [0.05, 0.1) is 13.0 Å². The van der Waals surface area contributed by atoms with Crippen LogP contribution in [0.3, 0.4) is 0 Å². The molecule has 1 aliphatic carbocycles. The van der Waals surface area contributed by atoms with E-state index < -0.39 is 0 Å². The van der Waals surface area contributed by atoms with Crippen molar-refractivity contribution >= 4 is 11.6 Å². The lowest BCUT2D eigenvalue weighted by molar-refractivity contribution is -0.131. The first kappa shape index (κ1) is 15.7. The van der Waals surface area contributed by atoms with Crippen LogP contribution >= 0.6 is 0 Å². The van der Waals surface area contributed by atoms with E-state index in [0.717, 1.165) is 12.3 Å². The summed E-state index contributed by atoms with van der Waals surface area (Å²) in [6.07, 6.45) is 6.91. The van der Waals surface area contributed by atoms with Crippen LogP contribution in [0.25, 0.3) is 0 Å². The molecule has 0 aromatic heterocycles. The number of nitrogens with zero attached hydrogens (tertiary/aromatic N) is 1. The predicted molar refractivity (Wildman–Crippen MR) is 85.2 cm³/mol. The van der Waals surface area contributed by atoms with Gasteiger partial charge in [0, 0.05) is 25.3 Å². The number of amides is 1. The van der Waals surface area contributed by atoms with Crippen molar-refractivity contribution in [2.75, 3.05) is 25.9 Å². The van der Waals surface area contributed by atoms with Gasteiger partial charge < -0.3 is 15.4 Å². The highest BCUT2D eigenvalue weighted by atomic mass is 16.5. The zero-order valence-corrected chi connectivity index (χ0v) is 12.9. The summed E-state index contributed by atoms with van der Waals surface area (Å²) in [6.45, 7) is 1.29. The lowest BCUT2D eigenvalue weighted by atomic mass is 9.89. The normalized spacial score (nSPS) is 15.7. The van der Waals surface area contributed by atoms with E-state index in [1.54, 1.807) is 6.07 Å². The van der Waals surface area contributed by atoms with E-state index in [9.17, 15) is 4.79 Å². The average molecular weight is 290 g/mol. The molecule has 0 aliphatic heterocycles. The molecule has 2 N–H and O–H groups in total. The van der Waals surface area contributed by atoms with Crippen molar-refractivity contribution in [3.63, 3.8) is 0 Å². The van der Waals surface area contributed by atoms with Crippen LogP contribution in [0.15, 0.2) is 24.3 Å². The Hall–Kier alpha value is -1.71. The molecular formula is C17H26N2O2. The molecule has 1 saturated carbocycles. The number of hydrogen-bond acceptors (Lipinski definition) is 3. The summed E-state index contributed by atoms with van der Waals surface area (Å²) >= 11 is 0. The molecular weight excluding hydrogens is 264 g/mol. The van der Waals surface area contributed by atoms with Crippen molar-refractivity contribution in [3.8, 4) is 5.75 Å². The van der Waals surface area contributed by atoms with Gasteiger partial charge in [-0.3, -0.25) is 4.79 Å². The lowest BCUT2D eigenvalue weighted by Crippen LogP contribution is -2.33. The fourth-order valence-corrected chi connectivity index (χ4v) is 2.91. The lowest BCUT2D eigenvalue weighted by Gasteiger charge is -2.27. The van der Waals surface area contributed by atoms with E-state index in [-0.39, 0.29) is 5.91 Å². The van der Waals surface area contributed by atoms with E-state index in [0.29, 0.717) is 24.6 Å². The third-order valence-electron chi connectivity index (χ3n) is 4.13. The number of carbonyl (C=O) groups is 1. The first-order valence-electron chi connectivity index (χ1n) is 7.87. The van der Waals surface area contributed by atoms with E-state index in [4.69, 9.17) is 10.5 Å². The Labute approximate surface area is 127 Å². The molecule has 0 unspecified atom stereocenters. The molecule has 4 heteroatoms. The van der Waals surface area contributed by atoms with Gasteiger partial charge in [0.25, 0.3) is 0 Å². The fourth-order valence-electron chi connectivity index (χ4n) is 2.91. The Kier molecular flexibility index (Phi) is 5.90. The van der Waals surface area contributed by atoms with E-state index >= 15 is 0 Å². The molecule has 4 nitrogen and oxygen atoms in total. The maximum Gasteiger partial charge on any atom is 0.225 e. The second-order valence-corrected chi connectivity index (χ2v) is 5.95. The smallest absolute Gasteiger partial charge is 0.225 e. The van der Waals surface area contributed by atoms with Crippen LogP contribution in [0.4, 0.5) is 5.69 Å². The number of rotatable bonds is 6. The van der Waals surface area contributed by atoms with Crippen molar-refractivity contribution in [1.29, 1.82) is 0 Å². The number of ether oxygens (including phenoxy) is 1. The topological polar surface area (TPSA) is 55.6 Å². The maximum atomic E-state index is 12.1. The van der Waals surface area contributed by atoms with Crippen LogP contribution in [0, 0.1) is 5.92 Å². The minimum Gasteiger partial charge on any atom is -0.493 e. The predicted octanol–water partition coefficient (Wildman–Crippen LogP) is 3.08. The Morgan fingerprint density at radius 1 is 1.33 bits per heavy atom. The number of carbonyl (C=O) groups excluding carboxylic acids is 1. The number of benzene rings is 1. The summed E-state index contributed by atoms with van der Waals surface area (Å²) in [6, 6.07) is 7.29. The number of nitrogens with two attached hydrogens (primary N) is 1. The molecule has 0 bridgehead atoms. The summed E-state index contributed by atoms with van der Waals surface area (Å²) < 4.78 is 5.57. The standard InChI is InChI=1S/C17H26N2O2/c1-19(13-14-6-3-2-4-7-14)17(20)10-11-21-16-9-5-8-15(18)12-16/h5,8-9,12,14H,2-4,6-7,10-11,13,18H2,1H3. The molecule has 0 saturated heterocycles. The summed E-state index contributed by atoms with van der Waals surface area (Å²) in [5, 5.41) is 0. The number of nitrogen functional groups attached to an aromatic ring is 1. The largest absolute Gasteiger partial charge is 0.493 e. The summed E-state index contributed by atoms with van der Waals surface area (Å²) in [7, 11) is 1.90. The quantitative estimate of drug-likeness (QED) is 0.819. The first-order valence-corrected chi connectivity index (χ1v) is 7.87. The molecule has 1 amide bonds. The van der Waals surface area contributed by atoms with Crippen LogP contribution < -0.4 is 10.5 Å². The van der Waals surface area contributed by atoms with Crippen LogP contribution in [0.1, 0.15) is 38.5 Å². The molecule has 1 aromatic carbocycles. The molecule has 0 radical (unpaired) electrons. The van der Waals surface area contributed by atoms with Crippen molar-refractivity contribution in [3.05, 3.63) is 24.3 Å². The highest BCUT2D eigenvalue weighted by Crippen LogP contribution is 2.24. The molecule has 2 rings (SSSR count). The van der Waals surface area contributed by atoms with Crippen molar-refractivity contribution < 1.29 is 9.53 Å². The molecule has 116 valence electrons. The van der Waals surface area contributed by atoms with E-state index in [1.807, 2.05) is 30.1 Å². The number of hydrogen-bond donors (Lipinski definition) is 1. The molecule has 1 fully saturated rings. The zero-order chi connectivity index (χ0) is 15.1. The van der Waals surface area contributed by atoms with Crippen LogP contribution in [0.2, 0.25) is 0 Å². The summed E-state index contributed by atoms with van der Waals surface area (Å²) in [5.74, 6) is 1.56. The Bertz CT molecular complexity index is 456. The monoisotopic (exact) mass is 290 g/mol. The molecule has 21 heavy (non-hydrogen) atoms. The highest BCUT2D eigenvalue weighted by molar-refractivity contribution is 5.76. The van der Waals surface area contributed by atoms with Gasteiger partial charge in [-0.15, -0.1) is 0 Å². The average Bonchev–Trinajstić information content (AvgIpc) is 2.48. The second-order valence-electron chi connectivity index (χ2n) is 5.95. The maximum absolute atomic E-state index is 12.1. The summed E-state index contributed by atoms with van der Waals surface area (Å²) in [5.41, 5.74) is 6.36. The minimum atomic E-state index is 0.157. The van der Waals surface area contributed by atoms with Crippen molar-refractivity contribution in [2.24, 2.45) is 5.92 Å². The molecule has 0 spiro atoms. The van der Waals surface area contributed by atoms with Gasteiger partial charge in [-0.1, -0.05) is 25.3 Å². The second kappa shape index (κ2) is 7.91. The Morgan fingerprint density at radius 2 is 2.10 bits per heavy atom. The first-order chi connectivity index (χ1) is 10.1. The SMILES string of the molecule is CN(CC1CCCCC1)C(=O)CCOc1cccc(N)c1. The Balaban J connectivity index is 1.68. The van der Waals surface area contributed by atoms with Crippen molar-refractivity contribution in [1.82, 2.24) is 4.90 Å². The van der Waals surface area contributed by atoms with Crippen LogP contribution in [-0.2, 0) is 4.79 Å². The Morgan fingerprint density at radius 3 is 2.81 bits per heavy atom. The van der Waals surface area contributed by atoms with Crippen LogP contribution in [0.5, 0.6) is 5.75 Å². The van der Waals surface area contributed by atoms with Gasteiger partial charge in [0.15, 0.2) is 0 Å². The van der Waals surface area contributed by atoms with Gasteiger partial charge in [0.1, 0.15) is 5.75 Å². The van der Waals surface area contributed by atoms with Gasteiger partial charge in [0.2, 0.25) is 5.91 Å².